The van der Waals surface area contributed by atoms with Gasteiger partial charge in [-0.2, -0.15) is 0 Å². The summed E-state index contributed by atoms with van der Waals surface area (Å²) < 4.78 is 19.9. The lowest BCUT2D eigenvalue weighted by molar-refractivity contribution is -0.116. The summed E-state index contributed by atoms with van der Waals surface area (Å²) >= 11 is 0. The summed E-state index contributed by atoms with van der Waals surface area (Å²) in [7, 11) is 0. The first-order valence-corrected chi connectivity index (χ1v) is 7.73. The Morgan fingerprint density at radius 2 is 1.92 bits per heavy atom. The summed E-state index contributed by atoms with van der Waals surface area (Å²) in [4.78, 5) is 24.2. The molecule has 5 nitrogen and oxygen atoms in total. The molecule has 2 aromatic rings. The second-order valence-electron chi connectivity index (χ2n) is 5.60. The van der Waals surface area contributed by atoms with Crippen LogP contribution in [0.25, 0.3) is 0 Å². The third-order valence-electron chi connectivity index (χ3n) is 3.83. The fraction of sp³-hybridized carbons (Fsp3) is 0.333. The molecule has 0 aliphatic heterocycles. The molecule has 1 aromatic carbocycles. The number of carbonyl (C=O) groups is 2. The number of esters is 1. The van der Waals surface area contributed by atoms with Crippen molar-refractivity contribution < 1.29 is 18.7 Å². The lowest BCUT2D eigenvalue weighted by Crippen LogP contribution is -2.21. The molecule has 0 fully saturated rings. The van der Waals surface area contributed by atoms with Crippen LogP contribution in [-0.2, 0) is 16.1 Å². The predicted molar refractivity (Wildman–Crippen MR) is 89.6 cm³/mol. The van der Waals surface area contributed by atoms with Crippen LogP contribution in [-0.4, -0.2) is 23.1 Å². The van der Waals surface area contributed by atoms with E-state index in [1.165, 1.54) is 18.2 Å². The average molecular weight is 332 g/mol. The van der Waals surface area contributed by atoms with Crippen molar-refractivity contribution in [3.63, 3.8) is 0 Å². The van der Waals surface area contributed by atoms with E-state index in [4.69, 9.17) is 4.74 Å². The summed E-state index contributed by atoms with van der Waals surface area (Å²) in [6.07, 6.45) is 0. The van der Waals surface area contributed by atoms with Gasteiger partial charge in [-0.15, -0.1) is 0 Å². The molecule has 24 heavy (non-hydrogen) atoms. The zero-order valence-electron chi connectivity index (χ0n) is 14.3. The smallest absolute Gasteiger partial charge is 0.339 e. The zero-order valence-corrected chi connectivity index (χ0v) is 14.3. The van der Waals surface area contributed by atoms with Gasteiger partial charge in [-0.25, -0.2) is 9.18 Å². The van der Waals surface area contributed by atoms with Crippen molar-refractivity contribution in [1.29, 1.82) is 0 Å². The van der Waals surface area contributed by atoms with Gasteiger partial charge in [0.25, 0.3) is 0 Å². The number of amides is 1. The third-order valence-corrected chi connectivity index (χ3v) is 3.83. The van der Waals surface area contributed by atoms with Crippen LogP contribution >= 0.6 is 0 Å². The largest absolute Gasteiger partial charge is 0.462 e. The number of nitrogens with zero attached hydrogens (tertiary/aromatic N) is 1. The molecule has 0 aliphatic rings. The Hall–Kier alpha value is -2.63. The number of carbonyl (C=O) groups excluding carboxylic acids is 2. The number of benzene rings is 1. The highest BCUT2D eigenvalue weighted by molar-refractivity contribution is 5.93. The summed E-state index contributed by atoms with van der Waals surface area (Å²) in [5, 5.41) is 2.76. The normalized spacial score (nSPS) is 10.5. The standard InChI is InChI=1S/C18H21FN2O3/c1-5-24-18(23)15-9-12(3)21(13(15)4)10-17(22)20-16-7-6-14(19)8-11(16)2/h6-9H,5,10H2,1-4H3,(H,20,22). The molecule has 0 unspecified atom stereocenters. The van der Waals surface area contributed by atoms with E-state index in [9.17, 15) is 14.0 Å². The maximum absolute atomic E-state index is 13.1. The Labute approximate surface area is 140 Å². The highest BCUT2D eigenvalue weighted by Crippen LogP contribution is 2.18. The van der Waals surface area contributed by atoms with Crippen molar-refractivity contribution in [3.8, 4) is 0 Å². The summed E-state index contributed by atoms with van der Waals surface area (Å²) in [5.41, 5.74) is 3.14. The predicted octanol–water partition coefficient (Wildman–Crippen LogP) is 3.37. The van der Waals surface area contributed by atoms with E-state index >= 15 is 0 Å². The molecule has 1 amide bonds. The SMILES string of the molecule is CCOC(=O)c1cc(C)n(CC(=O)Nc2ccc(F)cc2C)c1C. The van der Waals surface area contributed by atoms with Gasteiger partial charge in [0.1, 0.15) is 12.4 Å². The maximum Gasteiger partial charge on any atom is 0.339 e. The highest BCUT2D eigenvalue weighted by atomic mass is 19.1. The van der Waals surface area contributed by atoms with Crippen LogP contribution in [0.15, 0.2) is 24.3 Å². The first-order valence-electron chi connectivity index (χ1n) is 7.73. The van der Waals surface area contributed by atoms with E-state index < -0.39 is 5.97 Å². The number of rotatable bonds is 5. The Morgan fingerprint density at radius 1 is 1.21 bits per heavy atom. The van der Waals surface area contributed by atoms with E-state index in [0.29, 0.717) is 29.1 Å². The summed E-state index contributed by atoms with van der Waals surface area (Å²) in [6, 6.07) is 5.90. The number of aryl methyl sites for hydroxylation is 2. The number of ether oxygens (including phenoxy) is 1. The van der Waals surface area contributed by atoms with E-state index in [1.807, 2.05) is 6.92 Å². The van der Waals surface area contributed by atoms with E-state index in [2.05, 4.69) is 5.32 Å². The summed E-state index contributed by atoms with van der Waals surface area (Å²) in [6.45, 7) is 7.43. The maximum atomic E-state index is 13.1. The lowest BCUT2D eigenvalue weighted by atomic mass is 10.2. The molecule has 0 aliphatic carbocycles. The molecule has 0 atom stereocenters. The highest BCUT2D eigenvalue weighted by Gasteiger charge is 2.18. The van der Waals surface area contributed by atoms with Gasteiger partial charge in [-0.1, -0.05) is 0 Å². The minimum absolute atomic E-state index is 0.0634. The van der Waals surface area contributed by atoms with E-state index in [1.54, 1.807) is 31.4 Å². The molecular weight excluding hydrogens is 311 g/mol. The van der Waals surface area contributed by atoms with Crippen LogP contribution in [0, 0.1) is 26.6 Å². The average Bonchev–Trinajstić information content (AvgIpc) is 2.78. The molecule has 1 N–H and O–H groups in total. The fourth-order valence-corrected chi connectivity index (χ4v) is 2.56. The molecule has 0 saturated carbocycles. The molecule has 0 spiro atoms. The zero-order chi connectivity index (χ0) is 17.9. The first kappa shape index (κ1) is 17.7. The Balaban J connectivity index is 2.16. The second-order valence-corrected chi connectivity index (χ2v) is 5.60. The molecular formula is C18H21FN2O3. The molecule has 1 heterocycles. The van der Waals surface area contributed by atoms with Crippen molar-refractivity contribution in [2.45, 2.75) is 34.2 Å². The van der Waals surface area contributed by atoms with Crippen molar-refractivity contribution >= 4 is 17.6 Å². The van der Waals surface area contributed by atoms with Gasteiger partial charge in [-0.05, 0) is 57.5 Å². The lowest BCUT2D eigenvalue weighted by Gasteiger charge is -2.12. The topological polar surface area (TPSA) is 60.3 Å². The first-order chi connectivity index (χ1) is 11.3. The Kier molecular flexibility index (Phi) is 5.39. The number of anilines is 1. The number of hydrogen-bond donors (Lipinski definition) is 1. The Morgan fingerprint density at radius 3 is 2.54 bits per heavy atom. The van der Waals surface area contributed by atoms with E-state index in [0.717, 1.165) is 5.69 Å². The Bertz CT molecular complexity index is 781. The third kappa shape index (κ3) is 3.82. The number of nitrogens with one attached hydrogen (secondary N) is 1. The molecule has 0 saturated heterocycles. The van der Waals surface area contributed by atoms with Crippen molar-refractivity contribution in [2.24, 2.45) is 0 Å². The van der Waals surface area contributed by atoms with Crippen LogP contribution in [0.1, 0.15) is 34.2 Å². The summed E-state index contributed by atoms with van der Waals surface area (Å²) in [5.74, 6) is -0.991. The van der Waals surface area contributed by atoms with Crippen LogP contribution in [0.5, 0.6) is 0 Å². The van der Waals surface area contributed by atoms with Crippen LogP contribution in [0.3, 0.4) is 0 Å². The van der Waals surface area contributed by atoms with Gasteiger partial charge >= 0.3 is 5.97 Å². The van der Waals surface area contributed by atoms with Crippen molar-refractivity contribution in [1.82, 2.24) is 4.57 Å². The number of halogens is 1. The monoisotopic (exact) mass is 332 g/mol. The second kappa shape index (κ2) is 7.29. The van der Waals surface area contributed by atoms with Crippen LogP contribution in [0.2, 0.25) is 0 Å². The van der Waals surface area contributed by atoms with Gasteiger partial charge < -0.3 is 14.6 Å². The van der Waals surface area contributed by atoms with Gasteiger partial charge in [0.2, 0.25) is 5.91 Å². The van der Waals surface area contributed by atoms with Crippen molar-refractivity contribution in [2.75, 3.05) is 11.9 Å². The number of hydrogen-bond acceptors (Lipinski definition) is 3. The fourth-order valence-electron chi connectivity index (χ4n) is 2.56. The molecule has 0 radical (unpaired) electrons. The minimum atomic E-state index is -0.397. The van der Waals surface area contributed by atoms with Crippen LogP contribution < -0.4 is 5.32 Å². The molecule has 2 rings (SSSR count). The van der Waals surface area contributed by atoms with Crippen LogP contribution in [0.4, 0.5) is 10.1 Å². The molecule has 128 valence electrons. The van der Waals surface area contributed by atoms with Gasteiger partial charge in [0.05, 0.1) is 12.2 Å². The quantitative estimate of drug-likeness (QED) is 0.854. The molecule has 1 aromatic heterocycles. The van der Waals surface area contributed by atoms with E-state index in [-0.39, 0.29) is 18.3 Å². The van der Waals surface area contributed by atoms with Gasteiger partial charge in [0, 0.05) is 17.1 Å². The van der Waals surface area contributed by atoms with Gasteiger partial charge in [0.15, 0.2) is 0 Å². The molecule has 6 heteroatoms. The minimum Gasteiger partial charge on any atom is -0.462 e. The van der Waals surface area contributed by atoms with Gasteiger partial charge in [-0.3, -0.25) is 4.79 Å². The molecule has 0 bridgehead atoms. The van der Waals surface area contributed by atoms with Crippen molar-refractivity contribution in [3.05, 3.63) is 52.6 Å². The number of aromatic nitrogens is 1.